The lowest BCUT2D eigenvalue weighted by atomic mass is 10.1. The molecule has 12 heavy (non-hydrogen) atoms. The number of ether oxygens (including phenoxy) is 1. The third-order valence-electron chi connectivity index (χ3n) is 2.31. The molecule has 2 nitrogen and oxygen atoms in total. The minimum absolute atomic E-state index is 0.390. The predicted octanol–water partition coefficient (Wildman–Crippen LogP) is 1.94. The van der Waals surface area contributed by atoms with Gasteiger partial charge in [-0.3, -0.25) is 0 Å². The van der Waals surface area contributed by atoms with E-state index in [0.29, 0.717) is 6.10 Å². The molecule has 2 heteroatoms. The second-order valence-corrected chi connectivity index (χ2v) is 3.86. The molecular formula is C10H21NO. The van der Waals surface area contributed by atoms with Crippen LogP contribution in [0.2, 0.25) is 0 Å². The topological polar surface area (TPSA) is 21.3 Å². The Bertz CT molecular complexity index is 108. The van der Waals surface area contributed by atoms with E-state index in [9.17, 15) is 0 Å². The first-order valence-electron chi connectivity index (χ1n) is 5.14. The van der Waals surface area contributed by atoms with Crippen molar-refractivity contribution in [3.05, 3.63) is 0 Å². The summed E-state index contributed by atoms with van der Waals surface area (Å²) in [5.41, 5.74) is 0. The Kier molecular flexibility index (Phi) is 4.62. The van der Waals surface area contributed by atoms with Crippen molar-refractivity contribution in [2.45, 2.75) is 51.7 Å². The van der Waals surface area contributed by atoms with E-state index >= 15 is 0 Å². The fourth-order valence-corrected chi connectivity index (χ4v) is 1.65. The molecule has 0 spiro atoms. The van der Waals surface area contributed by atoms with Gasteiger partial charge in [-0.25, -0.2) is 0 Å². The smallest absolute Gasteiger partial charge is 0.0518 e. The molecule has 0 saturated carbocycles. The average Bonchev–Trinajstić information content (AvgIpc) is 2.49. The molecule has 1 atom stereocenters. The summed E-state index contributed by atoms with van der Waals surface area (Å²) < 4.78 is 5.47. The van der Waals surface area contributed by atoms with Crippen LogP contribution < -0.4 is 5.32 Å². The van der Waals surface area contributed by atoms with Crippen molar-refractivity contribution in [2.75, 3.05) is 13.2 Å². The van der Waals surface area contributed by atoms with E-state index in [4.69, 9.17) is 4.74 Å². The molecule has 1 unspecified atom stereocenters. The van der Waals surface area contributed by atoms with Gasteiger partial charge in [0.25, 0.3) is 0 Å². The van der Waals surface area contributed by atoms with E-state index in [1.165, 1.54) is 32.2 Å². The van der Waals surface area contributed by atoms with Crippen molar-refractivity contribution in [3.8, 4) is 0 Å². The zero-order valence-corrected chi connectivity index (χ0v) is 8.31. The Hall–Kier alpha value is -0.0800. The lowest BCUT2D eigenvalue weighted by Gasteiger charge is -2.11. The highest BCUT2D eigenvalue weighted by atomic mass is 16.5. The van der Waals surface area contributed by atoms with Crippen LogP contribution in [0.4, 0.5) is 0 Å². The van der Waals surface area contributed by atoms with Crippen LogP contribution in [0.5, 0.6) is 0 Å². The monoisotopic (exact) mass is 171 g/mol. The molecular weight excluding hydrogens is 150 g/mol. The number of nitrogens with one attached hydrogen (secondary N) is 1. The first-order valence-corrected chi connectivity index (χ1v) is 5.14. The lowest BCUT2D eigenvalue weighted by molar-refractivity contribution is 0.0748. The molecule has 1 N–H and O–H groups in total. The van der Waals surface area contributed by atoms with Crippen LogP contribution in [0.3, 0.4) is 0 Å². The summed E-state index contributed by atoms with van der Waals surface area (Å²) in [6.45, 7) is 6.33. The van der Waals surface area contributed by atoms with E-state index in [1.807, 2.05) is 0 Å². The van der Waals surface area contributed by atoms with E-state index in [0.717, 1.165) is 12.6 Å². The van der Waals surface area contributed by atoms with Crippen LogP contribution in [-0.4, -0.2) is 25.3 Å². The quantitative estimate of drug-likeness (QED) is 0.638. The second-order valence-electron chi connectivity index (χ2n) is 3.86. The minimum atomic E-state index is 0.390. The second kappa shape index (κ2) is 5.55. The Labute approximate surface area is 75.7 Å². The SMILES string of the molecule is CC(C)OCCCC1CCCN1. The highest BCUT2D eigenvalue weighted by Crippen LogP contribution is 2.10. The van der Waals surface area contributed by atoms with Crippen molar-refractivity contribution in [1.29, 1.82) is 0 Å². The summed E-state index contributed by atoms with van der Waals surface area (Å²) in [5.74, 6) is 0. The van der Waals surface area contributed by atoms with Crippen molar-refractivity contribution in [1.82, 2.24) is 5.32 Å². The van der Waals surface area contributed by atoms with Crippen LogP contribution in [0.25, 0.3) is 0 Å². The summed E-state index contributed by atoms with van der Waals surface area (Å²) in [6, 6.07) is 0.778. The third kappa shape index (κ3) is 4.07. The molecule has 1 fully saturated rings. The van der Waals surface area contributed by atoms with Crippen LogP contribution in [0.15, 0.2) is 0 Å². The van der Waals surface area contributed by atoms with E-state index in [1.54, 1.807) is 0 Å². The molecule has 1 heterocycles. The molecule has 0 radical (unpaired) electrons. The number of hydrogen-bond acceptors (Lipinski definition) is 2. The van der Waals surface area contributed by atoms with Gasteiger partial charge < -0.3 is 10.1 Å². The first kappa shape index (κ1) is 10.0. The van der Waals surface area contributed by atoms with E-state index in [-0.39, 0.29) is 0 Å². The van der Waals surface area contributed by atoms with Crippen molar-refractivity contribution in [2.24, 2.45) is 0 Å². The van der Waals surface area contributed by atoms with Crippen molar-refractivity contribution < 1.29 is 4.74 Å². The molecule has 0 bridgehead atoms. The van der Waals surface area contributed by atoms with E-state index in [2.05, 4.69) is 19.2 Å². The fraction of sp³-hybridized carbons (Fsp3) is 1.00. The van der Waals surface area contributed by atoms with Gasteiger partial charge >= 0.3 is 0 Å². The molecule has 0 aliphatic carbocycles. The van der Waals surface area contributed by atoms with Gasteiger partial charge in [-0.1, -0.05) is 0 Å². The normalized spacial score (nSPS) is 23.8. The Morgan fingerprint density at radius 2 is 2.33 bits per heavy atom. The molecule has 0 aromatic rings. The third-order valence-corrected chi connectivity index (χ3v) is 2.31. The van der Waals surface area contributed by atoms with Gasteiger partial charge in [-0.2, -0.15) is 0 Å². The maximum Gasteiger partial charge on any atom is 0.0518 e. The Balaban J connectivity index is 1.88. The fourth-order valence-electron chi connectivity index (χ4n) is 1.65. The summed E-state index contributed by atoms with van der Waals surface area (Å²) in [5, 5.41) is 3.49. The van der Waals surface area contributed by atoms with Crippen LogP contribution in [-0.2, 0) is 4.74 Å². The average molecular weight is 171 g/mol. The number of hydrogen-bond donors (Lipinski definition) is 1. The van der Waals surface area contributed by atoms with Gasteiger partial charge in [0.2, 0.25) is 0 Å². The Morgan fingerprint density at radius 1 is 1.50 bits per heavy atom. The van der Waals surface area contributed by atoms with Gasteiger partial charge in [-0.05, 0) is 46.1 Å². The summed E-state index contributed by atoms with van der Waals surface area (Å²) in [4.78, 5) is 0. The maximum absolute atomic E-state index is 5.47. The van der Waals surface area contributed by atoms with Crippen LogP contribution in [0, 0.1) is 0 Å². The van der Waals surface area contributed by atoms with Gasteiger partial charge in [0.15, 0.2) is 0 Å². The first-order chi connectivity index (χ1) is 5.79. The van der Waals surface area contributed by atoms with Gasteiger partial charge in [0.1, 0.15) is 0 Å². The largest absolute Gasteiger partial charge is 0.379 e. The molecule has 0 amide bonds. The van der Waals surface area contributed by atoms with Crippen LogP contribution in [0.1, 0.15) is 39.5 Å². The zero-order valence-electron chi connectivity index (χ0n) is 8.31. The number of rotatable bonds is 5. The summed E-state index contributed by atoms with van der Waals surface area (Å²) in [7, 11) is 0. The van der Waals surface area contributed by atoms with Crippen molar-refractivity contribution >= 4 is 0 Å². The predicted molar refractivity (Wildman–Crippen MR) is 51.3 cm³/mol. The minimum Gasteiger partial charge on any atom is -0.379 e. The van der Waals surface area contributed by atoms with Gasteiger partial charge in [0, 0.05) is 12.6 Å². The molecule has 72 valence electrons. The summed E-state index contributed by atoms with van der Waals surface area (Å²) >= 11 is 0. The molecule has 1 aliphatic rings. The molecule has 1 saturated heterocycles. The maximum atomic E-state index is 5.47. The van der Waals surface area contributed by atoms with Gasteiger partial charge in [0.05, 0.1) is 6.10 Å². The van der Waals surface area contributed by atoms with E-state index < -0.39 is 0 Å². The highest BCUT2D eigenvalue weighted by Gasteiger charge is 2.12. The molecule has 0 aromatic heterocycles. The molecule has 1 aliphatic heterocycles. The highest BCUT2D eigenvalue weighted by molar-refractivity contribution is 4.73. The van der Waals surface area contributed by atoms with Crippen LogP contribution >= 0.6 is 0 Å². The van der Waals surface area contributed by atoms with Gasteiger partial charge in [-0.15, -0.1) is 0 Å². The van der Waals surface area contributed by atoms with Crippen molar-refractivity contribution in [3.63, 3.8) is 0 Å². The molecule has 0 aromatic carbocycles. The Morgan fingerprint density at radius 3 is 2.92 bits per heavy atom. The lowest BCUT2D eigenvalue weighted by Crippen LogP contribution is -2.21. The standard InChI is InChI=1S/C10H21NO/c1-9(2)12-8-4-6-10-5-3-7-11-10/h9-11H,3-8H2,1-2H3. The molecule has 1 rings (SSSR count). The summed E-state index contributed by atoms with van der Waals surface area (Å²) in [6.07, 6.45) is 5.60. The zero-order chi connectivity index (χ0) is 8.81.